The Kier molecular flexibility index (Phi) is 6.51. The number of hydrogen-bond acceptors (Lipinski definition) is 4. The Morgan fingerprint density at radius 3 is 2.64 bits per heavy atom. The molecule has 0 amide bonds. The number of rotatable bonds is 4. The Bertz CT molecular complexity index is 815. The SMILES string of the molecule is CCc1ccc(C2CNCCN2S(=O)(=O)c2cncc(F)c2)cc1.Cl. The van der Waals surface area contributed by atoms with Crippen LogP contribution in [-0.4, -0.2) is 37.3 Å². The Morgan fingerprint density at radius 2 is 2.00 bits per heavy atom. The number of nitrogens with zero attached hydrogens (tertiary/aromatic N) is 2. The Balaban J connectivity index is 0.00000225. The van der Waals surface area contributed by atoms with Crippen LogP contribution in [-0.2, 0) is 16.4 Å². The number of halogens is 2. The smallest absolute Gasteiger partial charge is 0.245 e. The summed E-state index contributed by atoms with van der Waals surface area (Å²) < 4.78 is 40.7. The molecule has 5 nitrogen and oxygen atoms in total. The van der Waals surface area contributed by atoms with Gasteiger partial charge in [-0.3, -0.25) is 4.98 Å². The largest absolute Gasteiger partial charge is 0.313 e. The van der Waals surface area contributed by atoms with Gasteiger partial charge in [-0.2, -0.15) is 4.31 Å². The maximum absolute atomic E-state index is 13.4. The minimum Gasteiger partial charge on any atom is -0.313 e. The molecule has 1 fully saturated rings. The molecule has 0 radical (unpaired) electrons. The van der Waals surface area contributed by atoms with Crippen LogP contribution >= 0.6 is 12.4 Å². The van der Waals surface area contributed by atoms with Gasteiger partial charge in [0, 0.05) is 25.8 Å². The maximum atomic E-state index is 13.4. The summed E-state index contributed by atoms with van der Waals surface area (Å²) >= 11 is 0. The second-order valence-corrected chi connectivity index (χ2v) is 7.66. The van der Waals surface area contributed by atoms with Crippen molar-refractivity contribution in [1.29, 1.82) is 0 Å². The fourth-order valence-electron chi connectivity index (χ4n) is 2.90. The molecule has 1 N–H and O–H groups in total. The summed E-state index contributed by atoms with van der Waals surface area (Å²) in [7, 11) is -3.81. The Hall–Kier alpha value is -1.54. The predicted octanol–water partition coefficient (Wildman–Crippen LogP) is 2.54. The third-order valence-corrected chi connectivity index (χ3v) is 6.13. The quantitative estimate of drug-likeness (QED) is 0.878. The molecular formula is C17H21ClFN3O2S. The molecule has 25 heavy (non-hydrogen) atoms. The molecule has 1 aliphatic rings. The van der Waals surface area contributed by atoms with Crippen LogP contribution < -0.4 is 5.32 Å². The highest BCUT2D eigenvalue weighted by Gasteiger charge is 2.34. The van der Waals surface area contributed by atoms with Gasteiger partial charge < -0.3 is 5.32 Å². The number of hydrogen-bond donors (Lipinski definition) is 1. The number of benzene rings is 1. The van der Waals surface area contributed by atoms with Crippen molar-refractivity contribution < 1.29 is 12.8 Å². The zero-order chi connectivity index (χ0) is 17.2. The highest BCUT2D eigenvalue weighted by molar-refractivity contribution is 7.89. The molecule has 1 aliphatic heterocycles. The van der Waals surface area contributed by atoms with Gasteiger partial charge >= 0.3 is 0 Å². The second-order valence-electron chi connectivity index (χ2n) is 5.77. The molecule has 1 saturated heterocycles. The minimum absolute atomic E-state index is 0. The van der Waals surface area contributed by atoms with E-state index in [0.29, 0.717) is 19.6 Å². The molecule has 1 aromatic heterocycles. The van der Waals surface area contributed by atoms with Crippen molar-refractivity contribution in [3.63, 3.8) is 0 Å². The Morgan fingerprint density at radius 1 is 1.28 bits per heavy atom. The lowest BCUT2D eigenvalue weighted by Gasteiger charge is -2.35. The number of pyridine rings is 1. The first-order chi connectivity index (χ1) is 11.5. The van der Waals surface area contributed by atoms with E-state index in [1.54, 1.807) is 0 Å². The zero-order valence-corrected chi connectivity index (χ0v) is 15.5. The predicted molar refractivity (Wildman–Crippen MR) is 96.8 cm³/mol. The first kappa shape index (κ1) is 19.8. The fraction of sp³-hybridized carbons (Fsp3) is 0.353. The van der Waals surface area contributed by atoms with E-state index in [4.69, 9.17) is 0 Å². The van der Waals surface area contributed by atoms with Gasteiger partial charge in [0.05, 0.1) is 12.2 Å². The van der Waals surface area contributed by atoms with Crippen LogP contribution in [0.5, 0.6) is 0 Å². The van der Waals surface area contributed by atoms with Crippen molar-refractivity contribution >= 4 is 22.4 Å². The van der Waals surface area contributed by atoms with Crippen molar-refractivity contribution in [3.8, 4) is 0 Å². The monoisotopic (exact) mass is 385 g/mol. The fourth-order valence-corrected chi connectivity index (χ4v) is 4.49. The van der Waals surface area contributed by atoms with Crippen LogP contribution in [0.2, 0.25) is 0 Å². The number of sulfonamides is 1. The molecule has 1 unspecified atom stereocenters. The second kappa shape index (κ2) is 8.23. The number of piperazine rings is 1. The van der Waals surface area contributed by atoms with Crippen molar-refractivity contribution in [2.45, 2.75) is 24.3 Å². The molecule has 0 aliphatic carbocycles. The lowest BCUT2D eigenvalue weighted by Crippen LogP contribution is -2.48. The number of nitrogens with one attached hydrogen (secondary N) is 1. The zero-order valence-electron chi connectivity index (χ0n) is 13.9. The van der Waals surface area contributed by atoms with Gasteiger partial charge in [0.25, 0.3) is 0 Å². The third kappa shape index (κ3) is 4.17. The molecule has 136 valence electrons. The summed E-state index contributed by atoms with van der Waals surface area (Å²) in [5.74, 6) is -0.657. The summed E-state index contributed by atoms with van der Waals surface area (Å²) in [6, 6.07) is 8.64. The summed E-state index contributed by atoms with van der Waals surface area (Å²) in [5, 5.41) is 3.23. The molecule has 0 spiro atoms. The van der Waals surface area contributed by atoms with Crippen molar-refractivity contribution in [2.75, 3.05) is 19.6 Å². The molecule has 3 rings (SSSR count). The van der Waals surface area contributed by atoms with Crippen LogP contribution in [0.15, 0.2) is 47.6 Å². The van der Waals surface area contributed by atoms with Crippen LogP contribution in [0, 0.1) is 5.82 Å². The van der Waals surface area contributed by atoms with Crippen molar-refractivity contribution in [3.05, 3.63) is 59.7 Å². The average molecular weight is 386 g/mol. The molecule has 1 atom stereocenters. The van der Waals surface area contributed by atoms with Crippen LogP contribution in [0.25, 0.3) is 0 Å². The first-order valence-electron chi connectivity index (χ1n) is 7.94. The third-order valence-electron chi connectivity index (χ3n) is 4.25. The van der Waals surface area contributed by atoms with Crippen LogP contribution in [0.4, 0.5) is 4.39 Å². The van der Waals surface area contributed by atoms with E-state index in [-0.39, 0.29) is 23.3 Å². The summed E-state index contributed by atoms with van der Waals surface area (Å²) in [6.45, 7) is 3.49. The normalized spacial score (nSPS) is 18.6. The van der Waals surface area contributed by atoms with E-state index in [9.17, 15) is 12.8 Å². The number of aryl methyl sites for hydroxylation is 1. The van der Waals surface area contributed by atoms with Crippen molar-refractivity contribution in [1.82, 2.24) is 14.6 Å². The molecule has 0 bridgehead atoms. The average Bonchev–Trinajstić information content (AvgIpc) is 2.62. The van der Waals surface area contributed by atoms with E-state index in [2.05, 4.69) is 17.2 Å². The van der Waals surface area contributed by atoms with E-state index >= 15 is 0 Å². The first-order valence-corrected chi connectivity index (χ1v) is 9.38. The molecule has 8 heteroatoms. The van der Waals surface area contributed by atoms with Gasteiger partial charge in [0.1, 0.15) is 10.7 Å². The van der Waals surface area contributed by atoms with Crippen molar-refractivity contribution in [2.24, 2.45) is 0 Å². The van der Waals surface area contributed by atoms with Crippen LogP contribution in [0.1, 0.15) is 24.1 Å². The summed E-state index contributed by atoms with van der Waals surface area (Å²) in [5.41, 5.74) is 2.12. The van der Waals surface area contributed by atoms with Gasteiger partial charge in [-0.1, -0.05) is 31.2 Å². The van der Waals surface area contributed by atoms with Crippen LogP contribution in [0.3, 0.4) is 0 Å². The van der Waals surface area contributed by atoms with Gasteiger partial charge in [0.15, 0.2) is 0 Å². The van der Waals surface area contributed by atoms with Gasteiger partial charge in [0.2, 0.25) is 10.0 Å². The van der Waals surface area contributed by atoms with Gasteiger partial charge in [-0.05, 0) is 23.6 Å². The molecular weight excluding hydrogens is 365 g/mol. The van der Waals surface area contributed by atoms with Gasteiger partial charge in [-0.15, -0.1) is 12.4 Å². The molecule has 0 saturated carbocycles. The topological polar surface area (TPSA) is 62.3 Å². The maximum Gasteiger partial charge on any atom is 0.245 e. The van der Waals surface area contributed by atoms with E-state index < -0.39 is 15.8 Å². The lowest BCUT2D eigenvalue weighted by atomic mass is 10.0. The lowest BCUT2D eigenvalue weighted by molar-refractivity contribution is 0.271. The summed E-state index contributed by atoms with van der Waals surface area (Å²) in [6.07, 6.45) is 3.12. The van der Waals surface area contributed by atoms with E-state index in [0.717, 1.165) is 24.2 Å². The number of aromatic nitrogens is 1. The highest BCUT2D eigenvalue weighted by atomic mass is 35.5. The van der Waals surface area contributed by atoms with E-state index in [1.807, 2.05) is 24.3 Å². The van der Waals surface area contributed by atoms with Gasteiger partial charge in [-0.25, -0.2) is 12.8 Å². The molecule has 2 heterocycles. The Labute approximate surface area is 153 Å². The highest BCUT2D eigenvalue weighted by Crippen LogP contribution is 2.29. The molecule has 1 aromatic carbocycles. The van der Waals surface area contributed by atoms with E-state index in [1.165, 1.54) is 16.1 Å². The summed E-state index contributed by atoms with van der Waals surface area (Å²) in [4.78, 5) is 3.56. The molecule has 2 aromatic rings. The standard InChI is InChI=1S/C17H20FN3O2S.ClH/c1-2-13-3-5-14(6-4-13)17-12-19-7-8-21(17)24(22,23)16-9-15(18)10-20-11-16;/h3-6,9-11,17,19H,2,7-8,12H2,1H3;1H. The minimum atomic E-state index is -3.81.